The van der Waals surface area contributed by atoms with Crippen molar-refractivity contribution in [1.29, 1.82) is 0 Å². The predicted molar refractivity (Wildman–Crippen MR) is 157 cm³/mol. The maximum Gasteiger partial charge on any atom is 0.247 e. The molecule has 3 aromatic rings. The summed E-state index contributed by atoms with van der Waals surface area (Å²) in [4.78, 5) is 32.1. The molecule has 0 bridgehead atoms. The van der Waals surface area contributed by atoms with Crippen LogP contribution >= 0.6 is 0 Å². The fourth-order valence-corrected chi connectivity index (χ4v) is 4.76. The van der Waals surface area contributed by atoms with Crippen molar-refractivity contribution in [1.82, 2.24) is 15.2 Å². The molecule has 210 valence electrons. The third kappa shape index (κ3) is 7.27. The van der Waals surface area contributed by atoms with E-state index >= 15 is 0 Å². The number of amides is 2. The van der Waals surface area contributed by atoms with Gasteiger partial charge in [0.05, 0.1) is 20.3 Å². The highest BCUT2D eigenvalue weighted by Crippen LogP contribution is 2.30. The van der Waals surface area contributed by atoms with Crippen molar-refractivity contribution in [3.05, 3.63) is 88.1 Å². The number of nitrogens with zero attached hydrogens (tertiary/aromatic N) is 2. The van der Waals surface area contributed by atoms with Gasteiger partial charge in [-0.1, -0.05) is 44.2 Å². The molecular formula is C32H38N4O4. The van der Waals surface area contributed by atoms with Gasteiger partial charge >= 0.3 is 0 Å². The predicted octanol–water partition coefficient (Wildman–Crippen LogP) is 5.29. The second-order valence-electron chi connectivity index (χ2n) is 10.3. The van der Waals surface area contributed by atoms with E-state index < -0.39 is 0 Å². The Balaban J connectivity index is 1.46. The molecule has 8 nitrogen and oxygen atoms in total. The first-order chi connectivity index (χ1) is 19.3. The molecule has 0 saturated carbocycles. The molecule has 40 heavy (non-hydrogen) atoms. The van der Waals surface area contributed by atoms with Crippen LogP contribution in [0.3, 0.4) is 0 Å². The number of carbonyl (C=O) groups is 2. The van der Waals surface area contributed by atoms with Crippen LogP contribution in [0.2, 0.25) is 0 Å². The Morgan fingerprint density at radius 2 is 1.95 bits per heavy atom. The first kappa shape index (κ1) is 28.8. The molecule has 2 aromatic carbocycles. The number of para-hydroxylation sites is 1. The van der Waals surface area contributed by atoms with Gasteiger partial charge in [-0.05, 0) is 60.7 Å². The number of carbonyl (C=O) groups excluding carboxylic acids is 2. The lowest BCUT2D eigenvalue weighted by Gasteiger charge is -2.19. The Labute approximate surface area is 236 Å². The molecule has 0 saturated heterocycles. The zero-order valence-corrected chi connectivity index (χ0v) is 23.9. The van der Waals surface area contributed by atoms with Crippen LogP contribution in [-0.4, -0.2) is 42.0 Å². The van der Waals surface area contributed by atoms with E-state index in [1.807, 2.05) is 55.5 Å². The van der Waals surface area contributed by atoms with Gasteiger partial charge in [0.2, 0.25) is 11.8 Å². The van der Waals surface area contributed by atoms with Gasteiger partial charge in [-0.3, -0.25) is 14.5 Å². The number of hydrogen-bond acceptors (Lipinski definition) is 6. The summed E-state index contributed by atoms with van der Waals surface area (Å²) >= 11 is 0. The zero-order valence-electron chi connectivity index (χ0n) is 23.9. The number of ether oxygens (including phenoxy) is 2. The number of pyridine rings is 1. The molecule has 2 amide bonds. The van der Waals surface area contributed by atoms with Crippen molar-refractivity contribution < 1.29 is 19.1 Å². The molecule has 1 aliphatic rings. The van der Waals surface area contributed by atoms with E-state index in [2.05, 4.69) is 40.4 Å². The fraction of sp³-hybridized carbons (Fsp3) is 0.344. The highest BCUT2D eigenvalue weighted by Gasteiger charge is 2.21. The van der Waals surface area contributed by atoms with E-state index in [4.69, 9.17) is 9.47 Å². The molecule has 0 aliphatic carbocycles. The average molecular weight is 543 g/mol. The molecule has 0 unspecified atom stereocenters. The monoisotopic (exact) mass is 542 g/mol. The SMILES string of the molecule is CCOc1c(CNC(=O)/C(C)=C/c2cnc3c(c2)CN(Cc2ccc(OC)cc2)CC(=O)N3)cccc1C(C)C. The maximum absolute atomic E-state index is 13.0. The van der Waals surface area contributed by atoms with Gasteiger partial charge in [0.1, 0.15) is 17.3 Å². The molecular weight excluding hydrogens is 504 g/mol. The summed E-state index contributed by atoms with van der Waals surface area (Å²) in [7, 11) is 1.64. The number of hydrogen-bond donors (Lipinski definition) is 2. The topological polar surface area (TPSA) is 92.8 Å². The molecule has 1 aliphatic heterocycles. The van der Waals surface area contributed by atoms with Crippen molar-refractivity contribution in [2.75, 3.05) is 25.6 Å². The number of methoxy groups -OCH3 is 1. The van der Waals surface area contributed by atoms with E-state index in [1.54, 1.807) is 20.2 Å². The lowest BCUT2D eigenvalue weighted by atomic mass is 9.99. The summed E-state index contributed by atoms with van der Waals surface area (Å²) in [6, 6.07) is 15.9. The van der Waals surface area contributed by atoms with E-state index in [0.717, 1.165) is 39.3 Å². The van der Waals surface area contributed by atoms with Crippen LogP contribution in [0.4, 0.5) is 5.82 Å². The van der Waals surface area contributed by atoms with Gasteiger partial charge in [0.25, 0.3) is 0 Å². The van der Waals surface area contributed by atoms with Gasteiger partial charge in [-0.2, -0.15) is 0 Å². The first-order valence-electron chi connectivity index (χ1n) is 13.6. The normalized spacial score (nSPS) is 13.8. The minimum absolute atomic E-state index is 0.105. The second-order valence-corrected chi connectivity index (χ2v) is 10.3. The lowest BCUT2D eigenvalue weighted by Crippen LogP contribution is -2.29. The molecule has 2 N–H and O–H groups in total. The van der Waals surface area contributed by atoms with Crippen LogP contribution in [0, 0.1) is 0 Å². The van der Waals surface area contributed by atoms with Crippen LogP contribution in [0.15, 0.2) is 60.3 Å². The molecule has 2 heterocycles. The molecule has 0 radical (unpaired) electrons. The quantitative estimate of drug-likeness (QED) is 0.339. The van der Waals surface area contributed by atoms with Gasteiger partial charge in [0, 0.05) is 42.5 Å². The van der Waals surface area contributed by atoms with Crippen LogP contribution in [0.5, 0.6) is 11.5 Å². The summed E-state index contributed by atoms with van der Waals surface area (Å²) in [6.07, 6.45) is 3.49. The number of fused-ring (bicyclic) bond motifs is 1. The van der Waals surface area contributed by atoms with E-state index in [1.165, 1.54) is 0 Å². The Bertz CT molecular complexity index is 1380. The third-order valence-corrected chi connectivity index (χ3v) is 6.79. The van der Waals surface area contributed by atoms with E-state index in [-0.39, 0.29) is 18.4 Å². The number of benzene rings is 2. The molecule has 0 fully saturated rings. The number of rotatable bonds is 10. The molecule has 0 spiro atoms. The molecule has 4 rings (SSSR count). The summed E-state index contributed by atoms with van der Waals surface area (Å²) in [6.45, 7) is 10.4. The Kier molecular flexibility index (Phi) is 9.56. The van der Waals surface area contributed by atoms with Crippen LogP contribution in [0.1, 0.15) is 61.4 Å². The summed E-state index contributed by atoms with van der Waals surface area (Å²) in [5, 5.41) is 5.93. The minimum atomic E-state index is -0.165. The number of anilines is 1. The zero-order chi connectivity index (χ0) is 28.6. The number of aromatic nitrogens is 1. The highest BCUT2D eigenvalue weighted by atomic mass is 16.5. The molecule has 8 heteroatoms. The van der Waals surface area contributed by atoms with E-state index in [0.29, 0.717) is 43.6 Å². The van der Waals surface area contributed by atoms with Gasteiger partial charge in [0.15, 0.2) is 0 Å². The Morgan fingerprint density at radius 3 is 2.65 bits per heavy atom. The second kappa shape index (κ2) is 13.3. The van der Waals surface area contributed by atoms with Crippen molar-refractivity contribution >= 4 is 23.7 Å². The van der Waals surface area contributed by atoms with Gasteiger partial charge < -0.3 is 20.1 Å². The van der Waals surface area contributed by atoms with Crippen LogP contribution in [-0.2, 0) is 29.2 Å². The highest BCUT2D eigenvalue weighted by molar-refractivity contribution is 5.97. The molecule has 0 atom stereocenters. The van der Waals surface area contributed by atoms with Crippen LogP contribution < -0.4 is 20.1 Å². The van der Waals surface area contributed by atoms with Crippen molar-refractivity contribution in [2.45, 2.75) is 53.2 Å². The largest absolute Gasteiger partial charge is 0.497 e. The standard InChI is InChI=1S/C32H38N4O4/c1-6-40-30-25(8-7-9-28(30)21(2)3)17-34-32(38)22(4)14-24-15-26-19-36(20-29(37)35-31(26)33-16-24)18-23-10-12-27(39-5)13-11-23/h7-16,21H,6,17-20H2,1-5H3,(H,34,38)(H,33,35,37)/b22-14+. The van der Waals surface area contributed by atoms with Crippen molar-refractivity contribution in [2.24, 2.45) is 0 Å². The van der Waals surface area contributed by atoms with Gasteiger partial charge in [-0.15, -0.1) is 0 Å². The Hall–Kier alpha value is -4.17. The first-order valence-corrected chi connectivity index (χ1v) is 13.6. The summed E-state index contributed by atoms with van der Waals surface area (Å²) in [5.74, 6) is 2.24. The fourth-order valence-electron chi connectivity index (χ4n) is 4.76. The minimum Gasteiger partial charge on any atom is -0.497 e. The summed E-state index contributed by atoms with van der Waals surface area (Å²) < 4.78 is 11.2. The lowest BCUT2D eigenvalue weighted by molar-refractivity contribution is -0.118. The number of nitrogens with one attached hydrogen (secondary N) is 2. The smallest absolute Gasteiger partial charge is 0.247 e. The van der Waals surface area contributed by atoms with Crippen molar-refractivity contribution in [3.8, 4) is 11.5 Å². The summed E-state index contributed by atoms with van der Waals surface area (Å²) in [5.41, 5.74) is 5.42. The van der Waals surface area contributed by atoms with Crippen molar-refractivity contribution in [3.63, 3.8) is 0 Å². The maximum atomic E-state index is 13.0. The van der Waals surface area contributed by atoms with Gasteiger partial charge in [-0.25, -0.2) is 4.98 Å². The van der Waals surface area contributed by atoms with Crippen LogP contribution in [0.25, 0.3) is 6.08 Å². The molecule has 1 aromatic heterocycles. The Morgan fingerprint density at radius 1 is 1.18 bits per heavy atom. The average Bonchev–Trinajstić information content (AvgIpc) is 3.09. The van der Waals surface area contributed by atoms with E-state index in [9.17, 15) is 9.59 Å². The third-order valence-electron chi connectivity index (χ3n) is 6.79.